The van der Waals surface area contributed by atoms with Crippen LogP contribution in [0.3, 0.4) is 0 Å². The van der Waals surface area contributed by atoms with Crippen LogP contribution in [-0.2, 0) is 33.2 Å². The predicted octanol–water partition coefficient (Wildman–Crippen LogP) is 4.46. The van der Waals surface area contributed by atoms with E-state index in [0.29, 0.717) is 12.8 Å². The lowest BCUT2D eigenvalue weighted by molar-refractivity contribution is -0.183. The van der Waals surface area contributed by atoms with Crippen molar-refractivity contribution < 1.29 is 48.5 Å². The van der Waals surface area contributed by atoms with Crippen molar-refractivity contribution in [3.05, 3.63) is 12.2 Å². The highest BCUT2D eigenvalue weighted by molar-refractivity contribution is 5.69. The van der Waals surface area contributed by atoms with Gasteiger partial charge in [0.15, 0.2) is 6.29 Å². The monoisotopic (exact) mass is 604 g/mol. The standard InChI is InChI=1S/C32H60O10/c1-2-3-4-5-6-7-8-9-10-11-12-13-14-15-16-17-30(36)40-25-24-37-27-29(39-22-19-34)32-28(38-21-18-33)26-31(42-32)41-23-20-35/h9-10,28-29,31-35H,2-8,11-27H2,1H3/b10-9+/t28-,29+,31-,32+/m1/s1. The van der Waals surface area contributed by atoms with Crippen LogP contribution in [0.1, 0.15) is 103 Å². The summed E-state index contributed by atoms with van der Waals surface area (Å²) in [4.78, 5) is 12.1. The van der Waals surface area contributed by atoms with Gasteiger partial charge >= 0.3 is 5.97 Å². The van der Waals surface area contributed by atoms with Gasteiger partial charge in [0.1, 0.15) is 18.8 Å². The van der Waals surface area contributed by atoms with Crippen LogP contribution in [0.5, 0.6) is 0 Å². The van der Waals surface area contributed by atoms with Gasteiger partial charge in [0, 0.05) is 12.8 Å². The Morgan fingerprint density at radius 3 is 2.07 bits per heavy atom. The third-order valence-corrected chi connectivity index (χ3v) is 7.12. The fourth-order valence-corrected chi connectivity index (χ4v) is 4.90. The second-order valence-electron chi connectivity index (χ2n) is 10.8. The van der Waals surface area contributed by atoms with Crippen molar-refractivity contribution in [2.45, 2.75) is 128 Å². The van der Waals surface area contributed by atoms with E-state index in [2.05, 4.69) is 19.1 Å². The molecule has 0 amide bonds. The third-order valence-electron chi connectivity index (χ3n) is 7.12. The van der Waals surface area contributed by atoms with Gasteiger partial charge in [-0.2, -0.15) is 0 Å². The third kappa shape index (κ3) is 20.7. The normalized spacial score (nSPS) is 19.6. The number of carbonyl (C=O) groups excluding carboxylic acids is 1. The number of ether oxygens (including phenoxy) is 6. The molecule has 0 aromatic rings. The van der Waals surface area contributed by atoms with Crippen LogP contribution in [0.4, 0.5) is 0 Å². The predicted molar refractivity (Wildman–Crippen MR) is 161 cm³/mol. The van der Waals surface area contributed by atoms with Gasteiger partial charge in [-0.05, 0) is 32.1 Å². The molecule has 0 radical (unpaired) electrons. The molecule has 0 unspecified atom stereocenters. The van der Waals surface area contributed by atoms with E-state index in [-0.39, 0.29) is 65.4 Å². The zero-order valence-electron chi connectivity index (χ0n) is 26.1. The first-order chi connectivity index (χ1) is 20.7. The number of rotatable bonds is 30. The first-order valence-electron chi connectivity index (χ1n) is 16.4. The van der Waals surface area contributed by atoms with Gasteiger partial charge in [-0.25, -0.2) is 0 Å². The van der Waals surface area contributed by atoms with Crippen LogP contribution in [0.15, 0.2) is 12.2 Å². The van der Waals surface area contributed by atoms with E-state index >= 15 is 0 Å². The van der Waals surface area contributed by atoms with Crippen LogP contribution < -0.4 is 0 Å². The van der Waals surface area contributed by atoms with Crippen LogP contribution in [0.2, 0.25) is 0 Å². The van der Waals surface area contributed by atoms with Gasteiger partial charge in [-0.15, -0.1) is 0 Å². The molecule has 42 heavy (non-hydrogen) atoms. The Balaban J connectivity index is 2.13. The summed E-state index contributed by atoms with van der Waals surface area (Å²) in [5, 5.41) is 27.4. The molecule has 0 aromatic heterocycles. The van der Waals surface area contributed by atoms with Crippen LogP contribution >= 0.6 is 0 Å². The highest BCUT2D eigenvalue weighted by Crippen LogP contribution is 2.28. The van der Waals surface area contributed by atoms with E-state index in [0.717, 1.165) is 25.7 Å². The zero-order valence-corrected chi connectivity index (χ0v) is 26.1. The molecule has 1 aliphatic heterocycles. The van der Waals surface area contributed by atoms with E-state index in [9.17, 15) is 9.90 Å². The SMILES string of the molecule is CCCCCCCC/C=C/CCCCCCCC(=O)OCCOC[C@H](OCCO)[C@H]1O[C@@H](OCCO)C[C@H]1OCCO. The van der Waals surface area contributed by atoms with Crippen LogP contribution in [-0.4, -0.2) is 105 Å². The van der Waals surface area contributed by atoms with Gasteiger partial charge in [-0.3, -0.25) is 4.79 Å². The quantitative estimate of drug-likeness (QED) is 0.0613. The topological polar surface area (TPSA) is 133 Å². The molecule has 1 heterocycles. The Hall–Kier alpha value is -1.11. The largest absolute Gasteiger partial charge is 0.463 e. The Kier molecular flexibility index (Phi) is 26.5. The summed E-state index contributed by atoms with van der Waals surface area (Å²) in [7, 11) is 0. The maximum absolute atomic E-state index is 12.1. The van der Waals surface area contributed by atoms with Crippen molar-refractivity contribution in [1.29, 1.82) is 0 Å². The molecule has 4 atom stereocenters. The number of allylic oxidation sites excluding steroid dienone is 2. The lowest BCUT2D eigenvalue weighted by Crippen LogP contribution is -2.42. The summed E-state index contributed by atoms with van der Waals surface area (Å²) in [6.45, 7) is 2.68. The molecular weight excluding hydrogens is 544 g/mol. The minimum atomic E-state index is -0.580. The van der Waals surface area contributed by atoms with E-state index in [1.165, 1.54) is 57.8 Å². The zero-order chi connectivity index (χ0) is 30.5. The molecule has 0 saturated carbocycles. The molecule has 1 aliphatic rings. The van der Waals surface area contributed by atoms with Crippen LogP contribution in [0, 0.1) is 0 Å². The second kappa shape index (κ2) is 28.6. The fourth-order valence-electron chi connectivity index (χ4n) is 4.90. The van der Waals surface area contributed by atoms with Crippen molar-refractivity contribution >= 4 is 5.97 Å². The molecule has 3 N–H and O–H groups in total. The first kappa shape index (κ1) is 38.9. The smallest absolute Gasteiger partial charge is 0.305 e. The molecule has 0 aromatic carbocycles. The Bertz CT molecular complexity index is 632. The molecule has 248 valence electrons. The highest BCUT2D eigenvalue weighted by Gasteiger charge is 2.42. The number of esters is 1. The lowest BCUT2D eigenvalue weighted by atomic mass is 10.1. The number of aliphatic hydroxyl groups excluding tert-OH is 3. The average Bonchev–Trinajstić information content (AvgIpc) is 3.40. The maximum atomic E-state index is 12.1. The Morgan fingerprint density at radius 1 is 0.786 bits per heavy atom. The molecule has 1 saturated heterocycles. The van der Waals surface area contributed by atoms with Crippen molar-refractivity contribution in [2.75, 3.05) is 59.5 Å². The second-order valence-corrected chi connectivity index (χ2v) is 10.8. The molecular formula is C32H60O10. The summed E-state index contributed by atoms with van der Waals surface area (Å²) in [6.07, 6.45) is 19.2. The van der Waals surface area contributed by atoms with E-state index < -0.39 is 24.6 Å². The Labute approximate surface area is 254 Å². The van der Waals surface area contributed by atoms with Crippen LogP contribution in [0.25, 0.3) is 0 Å². The van der Waals surface area contributed by atoms with Gasteiger partial charge in [-0.1, -0.05) is 70.4 Å². The molecule has 0 spiro atoms. The molecule has 0 bridgehead atoms. The molecule has 1 fully saturated rings. The molecule has 0 aliphatic carbocycles. The Morgan fingerprint density at radius 2 is 1.40 bits per heavy atom. The van der Waals surface area contributed by atoms with E-state index in [1.807, 2.05) is 0 Å². The van der Waals surface area contributed by atoms with Gasteiger partial charge in [0.2, 0.25) is 0 Å². The van der Waals surface area contributed by atoms with E-state index in [1.54, 1.807) is 0 Å². The number of hydrogen-bond acceptors (Lipinski definition) is 10. The fraction of sp³-hybridized carbons (Fsp3) is 0.906. The van der Waals surface area contributed by atoms with Gasteiger partial charge in [0.05, 0.1) is 59.0 Å². The highest BCUT2D eigenvalue weighted by atomic mass is 16.7. The number of carbonyl (C=O) groups is 1. The summed E-state index contributed by atoms with van der Waals surface area (Å²) < 4.78 is 33.9. The lowest BCUT2D eigenvalue weighted by Gasteiger charge is -2.27. The van der Waals surface area contributed by atoms with Crippen molar-refractivity contribution in [2.24, 2.45) is 0 Å². The maximum Gasteiger partial charge on any atom is 0.305 e. The van der Waals surface area contributed by atoms with Gasteiger partial charge < -0.3 is 43.7 Å². The molecule has 10 nitrogen and oxygen atoms in total. The van der Waals surface area contributed by atoms with Crippen molar-refractivity contribution in [3.8, 4) is 0 Å². The number of unbranched alkanes of at least 4 members (excludes halogenated alkanes) is 11. The number of aliphatic hydroxyl groups is 3. The molecule has 1 rings (SSSR count). The minimum absolute atomic E-state index is 0.0910. The summed E-state index contributed by atoms with van der Waals surface area (Å²) in [6, 6.07) is 0. The first-order valence-corrected chi connectivity index (χ1v) is 16.4. The minimum Gasteiger partial charge on any atom is -0.463 e. The number of hydrogen-bond donors (Lipinski definition) is 3. The van der Waals surface area contributed by atoms with Gasteiger partial charge in [0.25, 0.3) is 0 Å². The summed E-state index contributed by atoms with van der Waals surface area (Å²) in [5.74, 6) is -0.218. The molecule has 10 heteroatoms. The average molecular weight is 605 g/mol. The summed E-state index contributed by atoms with van der Waals surface area (Å²) in [5.41, 5.74) is 0. The van der Waals surface area contributed by atoms with Crippen molar-refractivity contribution in [3.63, 3.8) is 0 Å². The summed E-state index contributed by atoms with van der Waals surface area (Å²) >= 11 is 0. The van der Waals surface area contributed by atoms with Crippen molar-refractivity contribution in [1.82, 2.24) is 0 Å². The van der Waals surface area contributed by atoms with E-state index in [4.69, 9.17) is 38.6 Å².